The van der Waals surface area contributed by atoms with Crippen LogP contribution < -0.4 is 9.62 Å². The summed E-state index contributed by atoms with van der Waals surface area (Å²) >= 11 is 0. The van der Waals surface area contributed by atoms with Gasteiger partial charge in [-0.25, -0.2) is 8.42 Å². The molecule has 0 aliphatic carbocycles. The fraction of sp³-hybridized carbons (Fsp3) is 0.321. The maximum Gasteiger partial charge on any atom is 0.265 e. The van der Waals surface area contributed by atoms with Gasteiger partial charge in [0.15, 0.2) is 0 Å². The number of nitrogens with one attached hydrogen (secondary N) is 1. The molecule has 0 saturated heterocycles. The van der Waals surface area contributed by atoms with Crippen molar-refractivity contribution in [2.75, 3.05) is 10.8 Å². The Hall–Kier alpha value is -3.12. The molecule has 1 aliphatic heterocycles. The van der Waals surface area contributed by atoms with Crippen molar-refractivity contribution in [3.05, 3.63) is 95.1 Å². The standard InChI is InChI=1S/C28H32N2O3S/c1-20-9-5-6-10-21(20)17-18-29-27(31)26-19-22-11-7-8-12-25(22)30(26)34(32,33)24-15-13-23(14-16-24)28(2,3)4/h5-16,26H,17-19H2,1-4H3,(H,29,31)/t26-/m0/s1. The second-order valence-electron chi connectivity index (χ2n) is 9.89. The van der Waals surface area contributed by atoms with E-state index < -0.39 is 16.1 Å². The molecule has 6 heteroatoms. The van der Waals surface area contributed by atoms with Crippen LogP contribution >= 0.6 is 0 Å². The van der Waals surface area contributed by atoms with Gasteiger partial charge in [0.05, 0.1) is 10.6 Å². The van der Waals surface area contributed by atoms with Gasteiger partial charge in [-0.15, -0.1) is 0 Å². The summed E-state index contributed by atoms with van der Waals surface area (Å²) in [5.74, 6) is -0.278. The van der Waals surface area contributed by atoms with Crippen LogP contribution in [0.4, 0.5) is 5.69 Å². The fourth-order valence-corrected chi connectivity index (χ4v) is 6.07. The number of aryl methyl sites for hydroxylation is 1. The summed E-state index contributed by atoms with van der Waals surface area (Å²) < 4.78 is 28.8. The summed E-state index contributed by atoms with van der Waals surface area (Å²) in [6, 6.07) is 21.6. The third-order valence-electron chi connectivity index (χ3n) is 6.46. The van der Waals surface area contributed by atoms with Gasteiger partial charge in [-0.05, 0) is 59.2 Å². The molecule has 3 aromatic rings. The van der Waals surface area contributed by atoms with Crippen molar-refractivity contribution in [1.82, 2.24) is 5.32 Å². The van der Waals surface area contributed by atoms with E-state index in [1.165, 1.54) is 15.4 Å². The Labute approximate surface area is 202 Å². The van der Waals surface area contributed by atoms with Crippen LogP contribution in [0.25, 0.3) is 0 Å². The van der Waals surface area contributed by atoms with E-state index in [4.69, 9.17) is 0 Å². The molecule has 4 rings (SSSR count). The first-order chi connectivity index (χ1) is 16.1. The number of anilines is 1. The van der Waals surface area contributed by atoms with Gasteiger partial charge in [0.1, 0.15) is 6.04 Å². The number of rotatable bonds is 6. The van der Waals surface area contributed by atoms with Gasteiger partial charge in [0.2, 0.25) is 5.91 Å². The van der Waals surface area contributed by atoms with E-state index in [0.717, 1.165) is 11.1 Å². The molecule has 5 nitrogen and oxygen atoms in total. The molecule has 0 unspecified atom stereocenters. The molecule has 1 aliphatic rings. The normalized spacial score (nSPS) is 15.8. The summed E-state index contributed by atoms with van der Waals surface area (Å²) in [4.78, 5) is 13.4. The largest absolute Gasteiger partial charge is 0.354 e. The minimum Gasteiger partial charge on any atom is -0.354 e. The van der Waals surface area contributed by atoms with Crippen LogP contribution in [0.2, 0.25) is 0 Å². The Kier molecular flexibility index (Phi) is 6.54. The van der Waals surface area contributed by atoms with Crippen molar-refractivity contribution in [2.45, 2.75) is 56.9 Å². The molecular formula is C28H32N2O3S. The summed E-state index contributed by atoms with van der Waals surface area (Å²) in [6.45, 7) is 8.76. The van der Waals surface area contributed by atoms with E-state index in [-0.39, 0.29) is 16.2 Å². The lowest BCUT2D eigenvalue weighted by atomic mass is 9.87. The molecule has 0 aromatic heterocycles. The second-order valence-corrected chi connectivity index (χ2v) is 11.7. The highest BCUT2D eigenvalue weighted by Crippen LogP contribution is 2.37. The van der Waals surface area contributed by atoms with E-state index in [1.54, 1.807) is 18.2 Å². The molecule has 0 radical (unpaired) electrons. The number of amides is 1. The molecule has 1 N–H and O–H groups in total. The van der Waals surface area contributed by atoms with Crippen LogP contribution in [0.3, 0.4) is 0 Å². The van der Waals surface area contributed by atoms with Gasteiger partial charge in [-0.2, -0.15) is 0 Å². The Bertz CT molecular complexity index is 1290. The lowest BCUT2D eigenvalue weighted by Crippen LogP contribution is -2.48. The Balaban J connectivity index is 1.59. The van der Waals surface area contributed by atoms with Crippen LogP contribution in [0, 0.1) is 6.92 Å². The minimum absolute atomic E-state index is 0.0813. The van der Waals surface area contributed by atoms with Crippen LogP contribution in [-0.2, 0) is 33.1 Å². The summed E-state index contributed by atoms with van der Waals surface area (Å²) in [5, 5.41) is 2.97. The van der Waals surface area contributed by atoms with Gasteiger partial charge in [0, 0.05) is 13.0 Å². The first-order valence-electron chi connectivity index (χ1n) is 11.6. The van der Waals surface area contributed by atoms with Gasteiger partial charge in [-0.1, -0.05) is 75.4 Å². The third-order valence-corrected chi connectivity index (χ3v) is 8.30. The van der Waals surface area contributed by atoms with Crippen molar-refractivity contribution in [3.8, 4) is 0 Å². The predicted octanol–water partition coefficient (Wildman–Crippen LogP) is 4.77. The van der Waals surface area contributed by atoms with Crippen LogP contribution in [0.15, 0.2) is 77.7 Å². The van der Waals surface area contributed by atoms with Gasteiger partial charge >= 0.3 is 0 Å². The highest BCUT2D eigenvalue weighted by molar-refractivity contribution is 7.93. The topological polar surface area (TPSA) is 66.5 Å². The zero-order valence-electron chi connectivity index (χ0n) is 20.2. The van der Waals surface area contributed by atoms with E-state index in [2.05, 4.69) is 26.1 Å². The molecular weight excluding hydrogens is 444 g/mol. The SMILES string of the molecule is Cc1ccccc1CCNC(=O)[C@@H]1Cc2ccccc2N1S(=O)(=O)c1ccc(C(C)(C)C)cc1. The third kappa shape index (κ3) is 4.73. The first-order valence-corrected chi connectivity index (χ1v) is 13.1. The van der Waals surface area contributed by atoms with Crippen LogP contribution in [-0.4, -0.2) is 26.9 Å². The van der Waals surface area contributed by atoms with Crippen molar-refractivity contribution in [1.29, 1.82) is 0 Å². The molecule has 34 heavy (non-hydrogen) atoms. The number of para-hydroxylation sites is 1. The first kappa shape index (κ1) is 24.0. The quantitative estimate of drug-likeness (QED) is 0.557. The maximum absolute atomic E-state index is 13.8. The van der Waals surface area contributed by atoms with Gasteiger partial charge in [-0.3, -0.25) is 9.10 Å². The maximum atomic E-state index is 13.8. The van der Waals surface area contributed by atoms with E-state index >= 15 is 0 Å². The van der Waals surface area contributed by atoms with Crippen molar-refractivity contribution < 1.29 is 13.2 Å². The monoisotopic (exact) mass is 476 g/mol. The molecule has 0 saturated carbocycles. The number of sulfonamides is 1. The number of carbonyl (C=O) groups is 1. The minimum atomic E-state index is -3.92. The number of nitrogens with zero attached hydrogens (tertiary/aromatic N) is 1. The molecule has 1 atom stereocenters. The molecule has 1 amide bonds. The highest BCUT2D eigenvalue weighted by Gasteiger charge is 2.42. The van der Waals surface area contributed by atoms with Crippen LogP contribution in [0.1, 0.15) is 43.0 Å². The number of hydrogen-bond donors (Lipinski definition) is 1. The molecule has 1 heterocycles. The zero-order valence-corrected chi connectivity index (χ0v) is 21.0. The van der Waals surface area contributed by atoms with Crippen LogP contribution in [0.5, 0.6) is 0 Å². The van der Waals surface area contributed by atoms with Gasteiger partial charge < -0.3 is 5.32 Å². The lowest BCUT2D eigenvalue weighted by molar-refractivity contribution is -0.122. The lowest BCUT2D eigenvalue weighted by Gasteiger charge is -2.27. The molecule has 3 aromatic carbocycles. The van der Waals surface area contributed by atoms with E-state index in [0.29, 0.717) is 25.1 Å². The molecule has 178 valence electrons. The molecule has 0 bridgehead atoms. The summed E-state index contributed by atoms with van der Waals surface area (Å²) in [5.41, 5.74) is 4.74. The number of hydrogen-bond acceptors (Lipinski definition) is 3. The van der Waals surface area contributed by atoms with Gasteiger partial charge in [0.25, 0.3) is 10.0 Å². The average molecular weight is 477 g/mol. The molecule has 0 spiro atoms. The van der Waals surface area contributed by atoms with Crippen molar-refractivity contribution in [3.63, 3.8) is 0 Å². The number of fused-ring (bicyclic) bond motifs is 1. The number of carbonyl (C=O) groups excluding carboxylic acids is 1. The highest BCUT2D eigenvalue weighted by atomic mass is 32.2. The fourth-order valence-electron chi connectivity index (χ4n) is 4.42. The Morgan fingerprint density at radius 3 is 2.29 bits per heavy atom. The van der Waals surface area contributed by atoms with Crippen molar-refractivity contribution >= 4 is 21.6 Å². The number of benzene rings is 3. The predicted molar refractivity (Wildman–Crippen MR) is 137 cm³/mol. The summed E-state index contributed by atoms with van der Waals surface area (Å²) in [6.07, 6.45) is 1.05. The second kappa shape index (κ2) is 9.26. The summed E-state index contributed by atoms with van der Waals surface area (Å²) in [7, 11) is -3.92. The van der Waals surface area contributed by atoms with E-state index in [1.807, 2.05) is 61.5 Å². The molecule has 0 fully saturated rings. The van der Waals surface area contributed by atoms with Crippen molar-refractivity contribution in [2.24, 2.45) is 0 Å². The Morgan fingerprint density at radius 1 is 0.971 bits per heavy atom. The zero-order chi connectivity index (χ0) is 24.5. The van der Waals surface area contributed by atoms with E-state index in [9.17, 15) is 13.2 Å². The smallest absolute Gasteiger partial charge is 0.265 e. The Morgan fingerprint density at radius 2 is 1.62 bits per heavy atom. The average Bonchev–Trinajstić information content (AvgIpc) is 3.20.